The highest BCUT2D eigenvalue weighted by molar-refractivity contribution is 5.95. The fourth-order valence-electron chi connectivity index (χ4n) is 5.57. The van der Waals surface area contributed by atoms with E-state index in [1.165, 1.54) is 6.07 Å². The summed E-state index contributed by atoms with van der Waals surface area (Å²) >= 11 is 0. The highest BCUT2D eigenvalue weighted by atomic mass is 19.1. The van der Waals surface area contributed by atoms with Gasteiger partial charge in [-0.3, -0.25) is 15.0 Å². The molecule has 8 nitrogen and oxygen atoms in total. The Kier molecular flexibility index (Phi) is 5.67. The minimum absolute atomic E-state index is 0.358. The van der Waals surface area contributed by atoms with Crippen LogP contribution in [0.1, 0.15) is 6.42 Å². The van der Waals surface area contributed by atoms with Crippen molar-refractivity contribution < 1.29 is 18.6 Å². The van der Waals surface area contributed by atoms with Crippen LogP contribution in [0, 0.1) is 5.82 Å². The minimum Gasteiger partial charge on any atom is -0.493 e. The van der Waals surface area contributed by atoms with Crippen LogP contribution in [-0.4, -0.2) is 78.7 Å². The van der Waals surface area contributed by atoms with E-state index in [1.54, 1.807) is 18.3 Å². The normalized spacial score (nSPS) is 20.0. The zero-order chi connectivity index (χ0) is 24.8. The van der Waals surface area contributed by atoms with Gasteiger partial charge in [-0.15, -0.1) is 0 Å². The highest BCUT2D eigenvalue weighted by Crippen LogP contribution is 2.39. The Morgan fingerprint density at radius 3 is 2.84 bits per heavy atom. The molecule has 4 bridgehead atoms. The number of rotatable bonds is 1. The van der Waals surface area contributed by atoms with E-state index in [9.17, 15) is 4.39 Å². The van der Waals surface area contributed by atoms with Crippen LogP contribution in [0.2, 0.25) is 0 Å². The lowest BCUT2D eigenvalue weighted by Gasteiger charge is -2.44. The summed E-state index contributed by atoms with van der Waals surface area (Å²) in [7, 11) is 0. The summed E-state index contributed by atoms with van der Waals surface area (Å²) in [5.41, 5.74) is 4.44. The van der Waals surface area contributed by atoms with Gasteiger partial charge in [-0.1, -0.05) is 12.1 Å². The number of hydrogen-bond acceptors (Lipinski definition) is 7. The number of aromatic nitrogens is 3. The lowest BCUT2D eigenvalue weighted by Crippen LogP contribution is -2.58. The molecule has 2 aromatic carbocycles. The van der Waals surface area contributed by atoms with Gasteiger partial charge >= 0.3 is 0 Å². The van der Waals surface area contributed by atoms with Gasteiger partial charge < -0.3 is 19.1 Å². The number of piperazine rings is 1. The van der Waals surface area contributed by atoms with Crippen molar-refractivity contribution in [2.75, 3.05) is 57.5 Å². The van der Waals surface area contributed by atoms with Crippen molar-refractivity contribution in [2.45, 2.75) is 12.5 Å². The molecule has 7 rings (SSSR count). The topological polar surface area (TPSA) is 75.7 Å². The Hall–Kier alpha value is -3.69. The smallest absolute Gasteiger partial charge is 0.143 e. The van der Waals surface area contributed by atoms with E-state index in [-0.39, 0.29) is 5.82 Å². The van der Waals surface area contributed by atoms with Gasteiger partial charge in [0.2, 0.25) is 0 Å². The van der Waals surface area contributed by atoms with Crippen LogP contribution in [0.4, 0.5) is 10.1 Å². The third-order valence-electron chi connectivity index (χ3n) is 7.49. The molecule has 0 saturated carbocycles. The number of ether oxygens (including phenoxy) is 3. The van der Waals surface area contributed by atoms with Crippen molar-refractivity contribution in [3.8, 4) is 34.0 Å². The number of halogens is 1. The van der Waals surface area contributed by atoms with Crippen LogP contribution in [0.15, 0.2) is 48.7 Å². The van der Waals surface area contributed by atoms with Gasteiger partial charge in [-0.05, 0) is 30.3 Å². The largest absolute Gasteiger partial charge is 0.493 e. The molecule has 5 heterocycles. The summed E-state index contributed by atoms with van der Waals surface area (Å²) in [6.07, 6.45) is 2.35. The van der Waals surface area contributed by atoms with E-state index in [0.29, 0.717) is 42.7 Å². The Morgan fingerprint density at radius 2 is 1.89 bits per heavy atom. The Morgan fingerprint density at radius 1 is 0.973 bits per heavy atom. The fourth-order valence-corrected chi connectivity index (χ4v) is 5.57. The second-order valence-electron chi connectivity index (χ2n) is 9.74. The van der Waals surface area contributed by atoms with Gasteiger partial charge in [0.1, 0.15) is 23.0 Å². The Bertz CT molecular complexity index is 1460. The van der Waals surface area contributed by atoms with Crippen LogP contribution in [0.3, 0.4) is 0 Å². The molecule has 0 radical (unpaired) electrons. The Balaban J connectivity index is 1.31. The number of H-pyrrole nitrogens is 1. The van der Waals surface area contributed by atoms with Gasteiger partial charge in [0.15, 0.2) is 0 Å². The fraction of sp³-hybridized carbons (Fsp3) is 0.357. The SMILES string of the molecule is Fc1cccc2c1-c1cc3c(n[nH]c3cn1)-c1ccc(N3CCN4CCOC[C@H]4C3)c(c1)OCCCO2. The van der Waals surface area contributed by atoms with Crippen LogP contribution in [0.5, 0.6) is 11.5 Å². The van der Waals surface area contributed by atoms with Crippen LogP contribution < -0.4 is 14.4 Å². The number of benzene rings is 2. The number of nitrogens with one attached hydrogen (secondary N) is 1. The summed E-state index contributed by atoms with van der Waals surface area (Å²) in [6, 6.07) is 13.4. The molecule has 1 atom stereocenters. The first-order chi connectivity index (χ1) is 18.2. The second-order valence-corrected chi connectivity index (χ2v) is 9.74. The molecule has 4 aromatic rings. The summed E-state index contributed by atoms with van der Waals surface area (Å²) in [6.45, 7) is 6.32. The van der Waals surface area contributed by atoms with Crippen molar-refractivity contribution in [1.29, 1.82) is 0 Å². The van der Waals surface area contributed by atoms with Crippen molar-refractivity contribution >= 4 is 16.6 Å². The number of pyridine rings is 1. The van der Waals surface area contributed by atoms with E-state index in [2.05, 4.69) is 43.2 Å². The summed E-state index contributed by atoms with van der Waals surface area (Å²) < 4.78 is 33.1. The van der Waals surface area contributed by atoms with Crippen molar-refractivity contribution in [3.63, 3.8) is 0 Å². The molecule has 0 spiro atoms. The molecule has 3 aliphatic heterocycles. The first-order valence-corrected chi connectivity index (χ1v) is 12.8. The van der Waals surface area contributed by atoms with Gasteiger partial charge in [0.05, 0.1) is 61.1 Å². The maximum Gasteiger partial charge on any atom is 0.143 e. The summed E-state index contributed by atoms with van der Waals surface area (Å²) in [5.74, 6) is 0.935. The lowest BCUT2D eigenvalue weighted by molar-refractivity contribution is -0.0117. The molecule has 2 aromatic heterocycles. The highest BCUT2D eigenvalue weighted by Gasteiger charge is 2.31. The maximum absolute atomic E-state index is 14.9. The van der Waals surface area contributed by atoms with Crippen LogP contribution in [-0.2, 0) is 4.74 Å². The van der Waals surface area contributed by atoms with Crippen LogP contribution >= 0.6 is 0 Å². The van der Waals surface area contributed by atoms with E-state index in [1.807, 2.05) is 6.07 Å². The predicted octanol–water partition coefficient (Wildman–Crippen LogP) is 4.11. The van der Waals surface area contributed by atoms with Gasteiger partial charge in [0, 0.05) is 43.5 Å². The molecule has 37 heavy (non-hydrogen) atoms. The van der Waals surface area contributed by atoms with E-state index >= 15 is 0 Å². The van der Waals surface area contributed by atoms with Gasteiger partial charge in [-0.25, -0.2) is 4.39 Å². The van der Waals surface area contributed by atoms with Crippen LogP contribution in [0.25, 0.3) is 33.4 Å². The van der Waals surface area contributed by atoms with Crippen molar-refractivity contribution in [2.24, 2.45) is 0 Å². The van der Waals surface area contributed by atoms with Crippen molar-refractivity contribution in [3.05, 3.63) is 54.5 Å². The second kappa shape index (κ2) is 9.32. The minimum atomic E-state index is -0.368. The average Bonchev–Trinajstić information content (AvgIpc) is 3.35. The molecular weight excluding hydrogens is 473 g/mol. The number of aromatic amines is 1. The molecule has 190 valence electrons. The first kappa shape index (κ1) is 22.5. The monoisotopic (exact) mass is 501 g/mol. The number of morpholine rings is 1. The first-order valence-electron chi connectivity index (χ1n) is 12.8. The average molecular weight is 502 g/mol. The summed E-state index contributed by atoms with van der Waals surface area (Å²) in [5, 5.41) is 8.53. The summed E-state index contributed by atoms with van der Waals surface area (Å²) in [4.78, 5) is 9.44. The lowest BCUT2D eigenvalue weighted by atomic mass is 10.0. The molecule has 0 unspecified atom stereocenters. The molecule has 2 saturated heterocycles. The molecule has 3 aliphatic rings. The van der Waals surface area contributed by atoms with Gasteiger partial charge in [-0.2, -0.15) is 5.10 Å². The number of nitrogens with zero attached hydrogens (tertiary/aromatic N) is 4. The quantitative estimate of drug-likeness (QED) is 0.421. The molecular formula is C28H28FN5O3. The number of fused-ring (bicyclic) bond motifs is 7. The third-order valence-corrected chi connectivity index (χ3v) is 7.49. The zero-order valence-electron chi connectivity index (χ0n) is 20.5. The Labute approximate surface area is 214 Å². The van der Waals surface area contributed by atoms with Crippen molar-refractivity contribution in [1.82, 2.24) is 20.1 Å². The molecule has 1 N–H and O–H groups in total. The maximum atomic E-state index is 14.9. The molecule has 0 amide bonds. The van der Waals surface area contributed by atoms with E-state index in [0.717, 1.165) is 73.0 Å². The van der Waals surface area contributed by atoms with E-state index < -0.39 is 0 Å². The molecule has 2 fully saturated rings. The number of hydrogen-bond donors (Lipinski definition) is 1. The van der Waals surface area contributed by atoms with E-state index in [4.69, 9.17) is 14.2 Å². The molecule has 9 heteroatoms. The van der Waals surface area contributed by atoms with Gasteiger partial charge in [0.25, 0.3) is 0 Å². The predicted molar refractivity (Wildman–Crippen MR) is 139 cm³/mol. The zero-order valence-corrected chi connectivity index (χ0v) is 20.5. The third kappa shape index (κ3) is 4.08. The number of anilines is 1. The molecule has 0 aliphatic carbocycles. The standard InChI is InChI=1S/C28H28FN5O3/c29-21-3-1-4-25-27(21)22-14-20-23(15-30-22)31-32-28(20)18-5-6-24(26(13-18)37-11-2-10-36-25)34-8-7-33-9-12-35-17-19(33)16-34/h1,3-6,13-15,19H,2,7-12,16-17H2,(H,31,32)/t19-/m1/s1.